The van der Waals surface area contributed by atoms with Crippen molar-refractivity contribution in [2.45, 2.75) is 110 Å². The number of hydrogen-bond acceptors (Lipinski definition) is 2. The van der Waals surface area contributed by atoms with Gasteiger partial charge in [-0.05, 0) is 18.6 Å². The Kier molecular flexibility index (Phi) is 20.8. The first-order valence-electron chi connectivity index (χ1n) is 11.7. The molecule has 0 bridgehead atoms. The molecule has 0 aromatic heterocycles. The average molecular weight is 433 g/mol. The Morgan fingerprint density at radius 1 is 0.724 bits per heavy atom. The van der Waals surface area contributed by atoms with Crippen LogP contribution in [0.3, 0.4) is 0 Å². The van der Waals surface area contributed by atoms with Crippen molar-refractivity contribution in [2.75, 3.05) is 6.61 Å². The predicted molar refractivity (Wildman–Crippen MR) is 127 cm³/mol. The van der Waals surface area contributed by atoms with E-state index in [9.17, 15) is 4.79 Å². The second-order valence-electron chi connectivity index (χ2n) is 7.95. The molecule has 0 aliphatic rings. The molecule has 0 atom stereocenters. The van der Waals surface area contributed by atoms with Gasteiger partial charge >= 0.3 is 43.7 Å². The molecule has 0 aliphatic heterocycles. The number of hydrogen-bond donors (Lipinski definition) is 1. The molecule has 0 unspecified atom stereocenters. The summed E-state index contributed by atoms with van der Waals surface area (Å²) in [6, 6.07) is 6.86. The summed E-state index contributed by atoms with van der Waals surface area (Å²) in [4.78, 5) is 11.1. The molecule has 3 nitrogen and oxygen atoms in total. The molecule has 29 heavy (non-hydrogen) atoms. The Bertz CT molecular complexity index is 505. The second kappa shape index (κ2) is 21.0. The molecule has 0 saturated heterocycles. The van der Waals surface area contributed by atoms with Crippen molar-refractivity contribution in [3.05, 3.63) is 29.8 Å². The summed E-state index contributed by atoms with van der Waals surface area (Å²) in [5.74, 6) is -0.446. The summed E-state index contributed by atoms with van der Waals surface area (Å²) in [6.07, 6.45) is 21.6. The average Bonchev–Trinajstić information content (AvgIpc) is 2.70. The third-order valence-electron chi connectivity index (χ3n) is 5.37. The Morgan fingerprint density at radius 2 is 1.14 bits per heavy atom. The van der Waals surface area contributed by atoms with Crippen LogP contribution in [0.1, 0.15) is 120 Å². The first-order chi connectivity index (χ1) is 13.8. The van der Waals surface area contributed by atoms with Gasteiger partial charge in [0.15, 0.2) is 0 Å². The summed E-state index contributed by atoms with van der Waals surface area (Å²) in [6.45, 7) is 2.88. The number of para-hydroxylation sites is 1. The van der Waals surface area contributed by atoms with Crippen molar-refractivity contribution >= 4 is 43.7 Å². The molecule has 0 aliphatic carbocycles. The topological polar surface area (TPSA) is 46.5 Å². The van der Waals surface area contributed by atoms with Crippen molar-refractivity contribution in [3.63, 3.8) is 0 Å². The van der Waals surface area contributed by atoms with Gasteiger partial charge in [-0.3, -0.25) is 0 Å². The third kappa shape index (κ3) is 16.2. The van der Waals surface area contributed by atoms with Crippen molar-refractivity contribution in [1.29, 1.82) is 0 Å². The van der Waals surface area contributed by atoms with Gasteiger partial charge in [0, 0.05) is 0 Å². The van der Waals surface area contributed by atoms with Gasteiger partial charge in [0.2, 0.25) is 0 Å². The van der Waals surface area contributed by atoms with E-state index in [0.717, 1.165) is 12.8 Å². The molecule has 0 amide bonds. The second-order valence-corrected chi connectivity index (χ2v) is 7.95. The maximum atomic E-state index is 11.1. The van der Waals surface area contributed by atoms with Crippen LogP contribution in [0.25, 0.3) is 0 Å². The van der Waals surface area contributed by atoms with Gasteiger partial charge in [0.05, 0.1) is 6.61 Å². The number of unbranched alkanes of at least 4 members (excludes halogenated alkanes) is 15. The standard InChI is InChI=1S/C25H42O3.Ca.2H/c1-2-3-4-5-6-7-8-9-10-11-12-13-14-15-16-19-22-28-24-21-18-17-20-23(24)25(26)27;;;/h17-18,20-21H,2-16,19,22H2,1H3,(H,26,27);;;. The first kappa shape index (κ1) is 28.7. The summed E-state index contributed by atoms with van der Waals surface area (Å²) >= 11 is 0. The molecule has 0 radical (unpaired) electrons. The minimum atomic E-state index is -0.928. The van der Waals surface area contributed by atoms with Crippen molar-refractivity contribution in [2.24, 2.45) is 0 Å². The van der Waals surface area contributed by atoms with Crippen LogP contribution in [-0.2, 0) is 0 Å². The first-order valence-corrected chi connectivity index (χ1v) is 11.7. The van der Waals surface area contributed by atoms with Gasteiger partial charge in [-0.2, -0.15) is 0 Å². The molecule has 1 N–H and O–H groups in total. The SMILES string of the molecule is CCCCCCCCCCCCCCCCCCOc1ccccc1C(=O)O.[CaH2]. The van der Waals surface area contributed by atoms with Gasteiger partial charge in [-0.25, -0.2) is 4.79 Å². The Balaban J connectivity index is 0.00000784. The van der Waals surface area contributed by atoms with E-state index in [-0.39, 0.29) is 43.3 Å². The summed E-state index contributed by atoms with van der Waals surface area (Å²) in [5, 5.41) is 9.13. The number of carboxylic acid groups (broad SMARTS) is 1. The Morgan fingerprint density at radius 3 is 1.59 bits per heavy atom. The van der Waals surface area contributed by atoms with Crippen LogP contribution in [0.2, 0.25) is 0 Å². The van der Waals surface area contributed by atoms with Crippen molar-refractivity contribution < 1.29 is 14.6 Å². The van der Waals surface area contributed by atoms with E-state index < -0.39 is 5.97 Å². The van der Waals surface area contributed by atoms with Crippen LogP contribution < -0.4 is 4.74 Å². The number of rotatable bonds is 19. The minimum absolute atomic E-state index is 0. The summed E-state index contributed by atoms with van der Waals surface area (Å²) < 4.78 is 5.64. The van der Waals surface area contributed by atoms with Crippen molar-refractivity contribution in [1.82, 2.24) is 0 Å². The van der Waals surface area contributed by atoms with E-state index in [0.29, 0.717) is 12.4 Å². The van der Waals surface area contributed by atoms with Crippen LogP contribution >= 0.6 is 0 Å². The van der Waals surface area contributed by atoms with E-state index in [4.69, 9.17) is 9.84 Å². The molecule has 1 rings (SSSR count). The fraction of sp³-hybridized carbons (Fsp3) is 0.720. The van der Waals surface area contributed by atoms with Crippen LogP contribution in [0.5, 0.6) is 5.75 Å². The quantitative estimate of drug-likeness (QED) is 0.187. The fourth-order valence-electron chi connectivity index (χ4n) is 3.60. The van der Waals surface area contributed by atoms with E-state index in [1.54, 1.807) is 18.2 Å². The zero-order valence-electron chi connectivity index (χ0n) is 18.1. The molecule has 1 aromatic rings. The van der Waals surface area contributed by atoms with Crippen LogP contribution in [-0.4, -0.2) is 55.4 Å². The van der Waals surface area contributed by atoms with E-state index >= 15 is 0 Å². The molecular weight excluding hydrogens is 388 g/mol. The summed E-state index contributed by atoms with van der Waals surface area (Å²) in [7, 11) is 0. The van der Waals surface area contributed by atoms with Gasteiger partial charge in [0.25, 0.3) is 0 Å². The monoisotopic (exact) mass is 432 g/mol. The molecule has 1 aromatic carbocycles. The summed E-state index contributed by atoms with van der Waals surface area (Å²) in [5.41, 5.74) is 0.249. The third-order valence-corrected chi connectivity index (χ3v) is 5.37. The van der Waals surface area contributed by atoms with Crippen molar-refractivity contribution in [3.8, 4) is 5.75 Å². The number of carbonyl (C=O) groups is 1. The molecule has 0 spiro atoms. The van der Waals surface area contributed by atoms with Crippen LogP contribution in [0.15, 0.2) is 24.3 Å². The number of carboxylic acids is 1. The van der Waals surface area contributed by atoms with Gasteiger partial charge < -0.3 is 9.84 Å². The van der Waals surface area contributed by atoms with Gasteiger partial charge in [-0.1, -0.05) is 115 Å². The zero-order chi connectivity index (χ0) is 20.3. The molecule has 164 valence electrons. The molecule has 0 saturated carbocycles. The Hall–Kier alpha value is -0.250. The van der Waals surface area contributed by atoms with Gasteiger partial charge in [-0.15, -0.1) is 0 Å². The molecular formula is C25H44CaO3. The number of aromatic carboxylic acids is 1. The number of ether oxygens (including phenoxy) is 1. The van der Waals surface area contributed by atoms with Crippen LogP contribution in [0.4, 0.5) is 0 Å². The number of benzene rings is 1. The maximum absolute atomic E-state index is 11.1. The molecule has 0 fully saturated rings. The van der Waals surface area contributed by atoms with E-state index in [1.807, 2.05) is 6.07 Å². The van der Waals surface area contributed by atoms with E-state index in [1.165, 1.54) is 89.9 Å². The Labute approximate surface area is 209 Å². The predicted octanol–water partition coefficient (Wildman–Crippen LogP) is 7.11. The van der Waals surface area contributed by atoms with Gasteiger partial charge in [0.1, 0.15) is 11.3 Å². The fourth-order valence-corrected chi connectivity index (χ4v) is 3.60. The van der Waals surface area contributed by atoms with Crippen LogP contribution in [0, 0.1) is 0 Å². The van der Waals surface area contributed by atoms with E-state index in [2.05, 4.69) is 6.92 Å². The zero-order valence-corrected chi connectivity index (χ0v) is 18.1. The molecule has 0 heterocycles. The normalized spacial score (nSPS) is 10.5. The molecule has 4 heteroatoms.